The van der Waals surface area contributed by atoms with Crippen molar-refractivity contribution in [2.45, 2.75) is 75.7 Å². The summed E-state index contributed by atoms with van der Waals surface area (Å²) >= 11 is 1.31. The molecule has 0 aliphatic rings. The van der Waals surface area contributed by atoms with E-state index in [-0.39, 0.29) is 5.54 Å². The van der Waals surface area contributed by atoms with Crippen LogP contribution in [0.25, 0.3) is 0 Å². The largest absolute Gasteiger partial charge is 0.480 e. The van der Waals surface area contributed by atoms with Crippen LogP contribution in [-0.2, 0) is 10.3 Å². The van der Waals surface area contributed by atoms with Crippen LogP contribution in [0.2, 0.25) is 0 Å². The molecular formula is C16H32N4O2S. The fraction of sp³-hybridized carbons (Fsp3) is 0.812. The van der Waals surface area contributed by atoms with Crippen molar-refractivity contribution in [2.24, 2.45) is 0 Å². The molecular weight excluding hydrogens is 312 g/mol. The Balaban J connectivity index is 0.00000149. The first-order chi connectivity index (χ1) is 10.8. The van der Waals surface area contributed by atoms with Crippen molar-refractivity contribution in [2.75, 3.05) is 14.1 Å². The maximum Gasteiger partial charge on any atom is 0.317 e. The predicted molar refractivity (Wildman–Crippen MR) is 96.0 cm³/mol. The van der Waals surface area contributed by atoms with Crippen molar-refractivity contribution < 1.29 is 9.90 Å². The molecule has 0 bridgehead atoms. The van der Waals surface area contributed by atoms with Gasteiger partial charge >= 0.3 is 5.97 Å². The molecule has 7 heteroatoms. The van der Waals surface area contributed by atoms with Gasteiger partial charge in [0.05, 0.1) is 5.54 Å². The third kappa shape index (κ3) is 7.83. The minimum atomic E-state index is -0.769. The van der Waals surface area contributed by atoms with Crippen LogP contribution in [-0.4, -0.2) is 45.2 Å². The van der Waals surface area contributed by atoms with Crippen LogP contribution in [0, 0.1) is 0 Å². The monoisotopic (exact) mass is 344 g/mol. The maximum absolute atomic E-state index is 11.4. The third-order valence-electron chi connectivity index (χ3n) is 3.55. The summed E-state index contributed by atoms with van der Waals surface area (Å²) in [6.45, 7) is 8.37. The Labute approximate surface area is 144 Å². The van der Waals surface area contributed by atoms with Gasteiger partial charge in [0.1, 0.15) is 11.6 Å². The molecule has 1 aromatic heterocycles. The van der Waals surface area contributed by atoms with Crippen molar-refractivity contribution in [1.29, 1.82) is 0 Å². The molecule has 1 atom stereocenters. The molecule has 23 heavy (non-hydrogen) atoms. The van der Waals surface area contributed by atoms with Crippen LogP contribution in [0.15, 0.2) is 11.5 Å². The van der Waals surface area contributed by atoms with Gasteiger partial charge in [-0.1, -0.05) is 44.9 Å². The topological polar surface area (TPSA) is 80.0 Å². The number of unbranched alkanes of at least 4 members (excludes halogenated alkanes) is 2. The zero-order valence-corrected chi connectivity index (χ0v) is 16.1. The number of hydrogen-bond acceptors (Lipinski definition) is 5. The second kappa shape index (κ2) is 11.5. The van der Waals surface area contributed by atoms with E-state index in [9.17, 15) is 9.90 Å². The summed E-state index contributed by atoms with van der Waals surface area (Å²) in [6.07, 6.45) is 6.19. The highest BCUT2D eigenvalue weighted by atomic mass is 32.2. The number of hydrogen-bond donors (Lipinski definition) is 2. The molecule has 1 unspecified atom stereocenters. The van der Waals surface area contributed by atoms with Gasteiger partial charge in [-0.05, 0) is 40.8 Å². The second-order valence-corrected chi connectivity index (χ2v) is 7.23. The Kier molecular flexibility index (Phi) is 10.9. The van der Waals surface area contributed by atoms with Crippen LogP contribution in [0.3, 0.4) is 0 Å². The lowest BCUT2D eigenvalue weighted by molar-refractivity contribution is -0.136. The molecule has 0 fully saturated rings. The summed E-state index contributed by atoms with van der Waals surface area (Å²) in [4.78, 5) is 15.6. The normalized spacial score (nSPS) is 12.4. The molecule has 1 rings (SSSR count). The number of nitrogens with one attached hydrogen (secondary N) is 1. The first-order valence-electron chi connectivity index (χ1n) is 8.22. The second-order valence-electron chi connectivity index (χ2n) is 6.06. The fourth-order valence-electron chi connectivity index (χ4n) is 1.82. The maximum atomic E-state index is 11.4. The van der Waals surface area contributed by atoms with Crippen molar-refractivity contribution in [3.8, 4) is 0 Å². The molecule has 0 aromatic carbocycles. The third-order valence-corrected chi connectivity index (χ3v) is 4.76. The summed E-state index contributed by atoms with van der Waals surface area (Å²) in [5.74, 6) is -0.769. The van der Waals surface area contributed by atoms with Gasteiger partial charge in [-0.2, -0.15) is 5.10 Å². The number of aliphatic carboxylic acids is 1. The number of carbonyl (C=O) groups is 1. The molecule has 0 amide bonds. The van der Waals surface area contributed by atoms with E-state index < -0.39 is 11.2 Å². The summed E-state index contributed by atoms with van der Waals surface area (Å²) in [7, 11) is 3.75. The Morgan fingerprint density at radius 3 is 2.48 bits per heavy atom. The van der Waals surface area contributed by atoms with E-state index in [1.165, 1.54) is 18.1 Å². The average molecular weight is 345 g/mol. The molecule has 0 saturated heterocycles. The predicted octanol–water partition coefficient (Wildman–Crippen LogP) is 3.38. The van der Waals surface area contributed by atoms with E-state index in [0.29, 0.717) is 11.6 Å². The summed E-state index contributed by atoms with van der Waals surface area (Å²) in [6, 6.07) is 0. The van der Waals surface area contributed by atoms with Gasteiger partial charge in [0.25, 0.3) is 0 Å². The SMILES string of the molecule is CCCCCC(Sc1ncnn1C(C)(C)CC)C(=O)O.CNC. The highest BCUT2D eigenvalue weighted by molar-refractivity contribution is 8.00. The van der Waals surface area contributed by atoms with Crippen molar-refractivity contribution in [3.63, 3.8) is 0 Å². The molecule has 0 spiro atoms. The molecule has 2 N–H and O–H groups in total. The molecule has 6 nitrogen and oxygen atoms in total. The van der Waals surface area contributed by atoms with Crippen LogP contribution in [0.1, 0.15) is 59.8 Å². The number of thioether (sulfide) groups is 1. The Bertz CT molecular complexity index is 449. The van der Waals surface area contributed by atoms with E-state index in [4.69, 9.17) is 0 Å². The zero-order chi connectivity index (χ0) is 17.9. The number of carboxylic acids is 1. The minimum Gasteiger partial charge on any atom is -0.480 e. The van der Waals surface area contributed by atoms with Gasteiger partial charge in [-0.25, -0.2) is 9.67 Å². The van der Waals surface area contributed by atoms with Gasteiger partial charge in [0.2, 0.25) is 0 Å². The van der Waals surface area contributed by atoms with Crippen molar-refractivity contribution in [1.82, 2.24) is 20.1 Å². The van der Waals surface area contributed by atoms with E-state index >= 15 is 0 Å². The molecule has 0 saturated carbocycles. The van der Waals surface area contributed by atoms with E-state index in [2.05, 4.69) is 43.1 Å². The highest BCUT2D eigenvalue weighted by Gasteiger charge is 2.26. The van der Waals surface area contributed by atoms with Crippen LogP contribution in [0.5, 0.6) is 0 Å². The quantitative estimate of drug-likeness (QED) is 0.528. The molecule has 134 valence electrons. The van der Waals surface area contributed by atoms with Gasteiger partial charge in [-0.15, -0.1) is 0 Å². The van der Waals surface area contributed by atoms with E-state index in [0.717, 1.165) is 25.7 Å². The van der Waals surface area contributed by atoms with Crippen LogP contribution < -0.4 is 5.32 Å². The van der Waals surface area contributed by atoms with Gasteiger partial charge < -0.3 is 10.4 Å². The summed E-state index contributed by atoms with van der Waals surface area (Å²) in [5.41, 5.74) is -0.148. The first kappa shape index (κ1) is 21.9. The van der Waals surface area contributed by atoms with E-state index in [1.54, 1.807) is 0 Å². The Morgan fingerprint density at radius 2 is 2.00 bits per heavy atom. The van der Waals surface area contributed by atoms with Gasteiger partial charge in [0, 0.05) is 0 Å². The lowest BCUT2D eigenvalue weighted by Gasteiger charge is -2.25. The number of carboxylic acid groups (broad SMARTS) is 1. The smallest absolute Gasteiger partial charge is 0.317 e. The molecule has 0 aliphatic carbocycles. The standard InChI is InChI=1S/C14H25N3O2S.C2H7N/c1-5-7-8-9-11(12(18)19)20-13-15-10-16-17(13)14(3,4)6-2;1-3-2/h10-11H,5-9H2,1-4H3,(H,18,19);3H,1-2H3. The van der Waals surface area contributed by atoms with E-state index in [1.807, 2.05) is 18.8 Å². The molecule has 1 aromatic rings. The number of aromatic nitrogens is 3. The zero-order valence-electron chi connectivity index (χ0n) is 15.3. The van der Waals surface area contributed by atoms with Crippen molar-refractivity contribution >= 4 is 17.7 Å². The van der Waals surface area contributed by atoms with Crippen LogP contribution in [0.4, 0.5) is 0 Å². The summed E-state index contributed by atoms with van der Waals surface area (Å²) in [5, 5.41) is 16.6. The lowest BCUT2D eigenvalue weighted by Crippen LogP contribution is -2.28. The van der Waals surface area contributed by atoms with Gasteiger partial charge in [-0.3, -0.25) is 4.79 Å². The molecule has 0 radical (unpaired) electrons. The molecule has 1 heterocycles. The lowest BCUT2D eigenvalue weighted by atomic mass is 10.0. The summed E-state index contributed by atoms with van der Waals surface area (Å²) < 4.78 is 1.84. The number of nitrogens with zero attached hydrogens (tertiary/aromatic N) is 3. The number of rotatable bonds is 9. The van der Waals surface area contributed by atoms with Gasteiger partial charge in [0.15, 0.2) is 5.16 Å². The Hall–Kier alpha value is -1.08. The van der Waals surface area contributed by atoms with Crippen molar-refractivity contribution in [3.05, 3.63) is 6.33 Å². The fourth-order valence-corrected chi connectivity index (χ4v) is 2.96. The average Bonchev–Trinajstić information content (AvgIpc) is 2.96. The molecule has 0 aliphatic heterocycles. The Morgan fingerprint density at radius 1 is 1.39 bits per heavy atom. The minimum absolute atomic E-state index is 0.148. The first-order valence-corrected chi connectivity index (χ1v) is 9.10. The van der Waals surface area contributed by atoms with Crippen LogP contribution >= 0.6 is 11.8 Å². The highest BCUT2D eigenvalue weighted by Crippen LogP contribution is 2.30.